The van der Waals surface area contributed by atoms with Gasteiger partial charge < -0.3 is 11.1 Å². The zero-order valence-electron chi connectivity index (χ0n) is 13.6. The second kappa shape index (κ2) is 8.04. The van der Waals surface area contributed by atoms with Crippen molar-refractivity contribution in [1.29, 1.82) is 0 Å². The van der Waals surface area contributed by atoms with Crippen LogP contribution in [-0.2, 0) is 4.79 Å². The number of hydrogen-bond acceptors (Lipinski definition) is 3. The molecule has 0 bridgehead atoms. The molecule has 4 nitrogen and oxygen atoms in total. The van der Waals surface area contributed by atoms with Crippen LogP contribution in [0.2, 0.25) is 10.0 Å². The third-order valence-electron chi connectivity index (χ3n) is 4.46. The Balaban J connectivity index is 0.00000264. The van der Waals surface area contributed by atoms with E-state index in [0.29, 0.717) is 15.7 Å². The standard InChI is InChI=1S/C16H23Cl2N3O.ClH/c1-10(21-7-6-14(19)16(2,3)9-21)15(22)20-13-5-4-11(17)8-12(13)18;/h4-5,8,10,14H,6-7,9,19H2,1-3H3,(H,20,22);1H. The van der Waals surface area contributed by atoms with Crippen LogP contribution >= 0.6 is 35.6 Å². The Labute approximate surface area is 154 Å². The van der Waals surface area contributed by atoms with Crippen LogP contribution in [0.1, 0.15) is 27.2 Å². The summed E-state index contributed by atoms with van der Waals surface area (Å²) in [5.41, 5.74) is 6.74. The summed E-state index contributed by atoms with van der Waals surface area (Å²) in [4.78, 5) is 14.6. The zero-order valence-corrected chi connectivity index (χ0v) is 15.9. The number of hydrogen-bond donors (Lipinski definition) is 2. The largest absolute Gasteiger partial charge is 0.327 e. The first-order chi connectivity index (χ1) is 10.2. The summed E-state index contributed by atoms with van der Waals surface area (Å²) in [7, 11) is 0. The molecule has 1 aliphatic heterocycles. The third kappa shape index (κ3) is 4.97. The second-order valence-corrected chi connectivity index (χ2v) is 7.49. The normalized spacial score (nSPS) is 22.1. The Morgan fingerprint density at radius 3 is 2.65 bits per heavy atom. The maximum absolute atomic E-state index is 12.5. The summed E-state index contributed by atoms with van der Waals surface area (Å²) in [5, 5.41) is 3.85. The van der Waals surface area contributed by atoms with Crippen molar-refractivity contribution in [3.05, 3.63) is 28.2 Å². The molecule has 1 heterocycles. The molecule has 130 valence electrons. The zero-order chi connectivity index (χ0) is 16.5. The predicted molar refractivity (Wildman–Crippen MR) is 99.7 cm³/mol. The van der Waals surface area contributed by atoms with Crippen molar-refractivity contribution in [1.82, 2.24) is 4.90 Å². The Kier molecular flexibility index (Phi) is 7.17. The fourth-order valence-corrected chi connectivity index (χ4v) is 3.20. The lowest BCUT2D eigenvalue weighted by Crippen LogP contribution is -2.56. The van der Waals surface area contributed by atoms with Crippen molar-refractivity contribution in [3.63, 3.8) is 0 Å². The van der Waals surface area contributed by atoms with E-state index in [4.69, 9.17) is 28.9 Å². The molecule has 1 aliphatic rings. The van der Waals surface area contributed by atoms with Gasteiger partial charge in [-0.05, 0) is 37.0 Å². The number of carbonyl (C=O) groups excluding carboxylic acids is 1. The molecule has 1 amide bonds. The fourth-order valence-electron chi connectivity index (χ4n) is 2.74. The van der Waals surface area contributed by atoms with Crippen molar-refractivity contribution in [3.8, 4) is 0 Å². The van der Waals surface area contributed by atoms with Gasteiger partial charge in [-0.25, -0.2) is 0 Å². The molecule has 0 aromatic heterocycles. The molecule has 0 radical (unpaired) electrons. The van der Waals surface area contributed by atoms with Gasteiger partial charge in [-0.3, -0.25) is 9.69 Å². The summed E-state index contributed by atoms with van der Waals surface area (Å²) < 4.78 is 0. The van der Waals surface area contributed by atoms with Gasteiger partial charge in [0.25, 0.3) is 0 Å². The molecule has 2 atom stereocenters. The second-order valence-electron chi connectivity index (χ2n) is 6.64. The van der Waals surface area contributed by atoms with Crippen LogP contribution in [0.5, 0.6) is 0 Å². The average molecular weight is 381 g/mol. The molecule has 1 fully saturated rings. The van der Waals surface area contributed by atoms with Crippen molar-refractivity contribution in [2.75, 3.05) is 18.4 Å². The van der Waals surface area contributed by atoms with E-state index in [0.717, 1.165) is 19.5 Å². The molecule has 1 aromatic carbocycles. The first kappa shape index (κ1) is 20.5. The van der Waals surface area contributed by atoms with E-state index in [1.165, 1.54) is 0 Å². The number of likely N-dealkylation sites (tertiary alicyclic amines) is 1. The molecule has 0 saturated carbocycles. The highest BCUT2D eigenvalue weighted by Gasteiger charge is 2.36. The number of rotatable bonds is 3. The molecular weight excluding hydrogens is 357 g/mol. The Morgan fingerprint density at radius 2 is 2.09 bits per heavy atom. The fraction of sp³-hybridized carbons (Fsp3) is 0.562. The summed E-state index contributed by atoms with van der Waals surface area (Å²) in [6.45, 7) is 7.83. The lowest BCUT2D eigenvalue weighted by molar-refractivity contribution is -0.122. The van der Waals surface area contributed by atoms with Gasteiger partial charge in [-0.15, -0.1) is 12.4 Å². The number of anilines is 1. The van der Waals surface area contributed by atoms with E-state index in [2.05, 4.69) is 24.1 Å². The minimum absolute atomic E-state index is 0. The quantitative estimate of drug-likeness (QED) is 0.838. The molecule has 0 spiro atoms. The van der Waals surface area contributed by atoms with E-state index in [9.17, 15) is 4.79 Å². The van der Waals surface area contributed by atoms with Gasteiger partial charge in [0, 0.05) is 24.2 Å². The maximum Gasteiger partial charge on any atom is 0.241 e. The highest BCUT2D eigenvalue weighted by atomic mass is 35.5. The van der Waals surface area contributed by atoms with Gasteiger partial charge >= 0.3 is 0 Å². The lowest BCUT2D eigenvalue weighted by atomic mass is 9.79. The van der Waals surface area contributed by atoms with Crippen LogP contribution in [0, 0.1) is 5.41 Å². The van der Waals surface area contributed by atoms with E-state index in [-0.39, 0.29) is 35.8 Å². The summed E-state index contributed by atoms with van der Waals surface area (Å²) in [6.07, 6.45) is 0.895. The number of halogens is 3. The van der Waals surface area contributed by atoms with Crippen LogP contribution in [0.25, 0.3) is 0 Å². The molecule has 23 heavy (non-hydrogen) atoms. The summed E-state index contributed by atoms with van der Waals surface area (Å²) in [5.74, 6) is -0.0736. The maximum atomic E-state index is 12.5. The van der Waals surface area contributed by atoms with E-state index >= 15 is 0 Å². The average Bonchev–Trinajstić information content (AvgIpc) is 2.44. The first-order valence-corrected chi connectivity index (χ1v) is 8.22. The molecule has 1 saturated heterocycles. The number of nitrogens with one attached hydrogen (secondary N) is 1. The number of nitrogens with two attached hydrogens (primary N) is 1. The highest BCUT2D eigenvalue weighted by molar-refractivity contribution is 6.36. The van der Waals surface area contributed by atoms with Gasteiger partial charge in [0.15, 0.2) is 0 Å². The number of carbonyl (C=O) groups is 1. The smallest absolute Gasteiger partial charge is 0.241 e. The minimum atomic E-state index is -0.237. The van der Waals surface area contributed by atoms with E-state index in [1.807, 2.05) is 6.92 Å². The SMILES string of the molecule is CC(C(=O)Nc1ccc(Cl)cc1Cl)N1CCC(N)C(C)(C)C1.Cl. The third-order valence-corrected chi connectivity index (χ3v) is 5.01. The van der Waals surface area contributed by atoms with Crippen molar-refractivity contribution in [2.24, 2.45) is 11.1 Å². The first-order valence-electron chi connectivity index (χ1n) is 7.46. The van der Waals surface area contributed by atoms with E-state index < -0.39 is 0 Å². The van der Waals surface area contributed by atoms with Crippen LogP contribution in [0.4, 0.5) is 5.69 Å². The highest BCUT2D eigenvalue weighted by Crippen LogP contribution is 2.30. The Morgan fingerprint density at radius 1 is 1.43 bits per heavy atom. The molecule has 2 unspecified atom stereocenters. The topological polar surface area (TPSA) is 58.4 Å². The Bertz CT molecular complexity index is 566. The summed E-state index contributed by atoms with van der Waals surface area (Å²) >= 11 is 12.0. The van der Waals surface area contributed by atoms with Crippen molar-refractivity contribution >= 4 is 47.2 Å². The Hall–Kier alpha value is -0.520. The van der Waals surface area contributed by atoms with Crippen molar-refractivity contribution in [2.45, 2.75) is 39.3 Å². The van der Waals surface area contributed by atoms with E-state index in [1.54, 1.807) is 18.2 Å². The molecular formula is C16H24Cl3N3O. The molecule has 2 rings (SSSR count). The molecule has 1 aromatic rings. The van der Waals surface area contributed by atoms with Gasteiger partial charge in [-0.1, -0.05) is 37.0 Å². The molecule has 3 N–H and O–H groups in total. The van der Waals surface area contributed by atoms with Gasteiger partial charge in [0.05, 0.1) is 16.8 Å². The van der Waals surface area contributed by atoms with Crippen LogP contribution in [-0.4, -0.2) is 36.0 Å². The van der Waals surface area contributed by atoms with Crippen LogP contribution < -0.4 is 11.1 Å². The number of piperidine rings is 1. The number of nitrogens with zero attached hydrogens (tertiary/aromatic N) is 1. The predicted octanol–water partition coefficient (Wildman–Crippen LogP) is 3.80. The monoisotopic (exact) mass is 379 g/mol. The van der Waals surface area contributed by atoms with Gasteiger partial charge in [0.1, 0.15) is 0 Å². The molecule has 7 heteroatoms. The lowest BCUT2D eigenvalue weighted by Gasteiger charge is -2.44. The minimum Gasteiger partial charge on any atom is -0.327 e. The number of benzene rings is 1. The van der Waals surface area contributed by atoms with Gasteiger partial charge in [-0.2, -0.15) is 0 Å². The van der Waals surface area contributed by atoms with Gasteiger partial charge in [0.2, 0.25) is 5.91 Å². The number of amides is 1. The van der Waals surface area contributed by atoms with Crippen LogP contribution in [0.3, 0.4) is 0 Å². The molecule has 0 aliphatic carbocycles. The summed E-state index contributed by atoms with van der Waals surface area (Å²) in [6, 6.07) is 4.97. The van der Waals surface area contributed by atoms with Crippen molar-refractivity contribution < 1.29 is 4.79 Å². The van der Waals surface area contributed by atoms with Crippen LogP contribution in [0.15, 0.2) is 18.2 Å².